The number of carbonyl (C=O) groups is 2. The van der Waals surface area contributed by atoms with E-state index in [2.05, 4.69) is 10.3 Å². The maximum Gasteiger partial charge on any atom is 0.264 e. The molecule has 27 heavy (non-hydrogen) atoms. The number of nitrogens with zero attached hydrogens (tertiary/aromatic N) is 2. The van der Waals surface area contributed by atoms with Crippen LogP contribution in [-0.2, 0) is 14.6 Å². The van der Waals surface area contributed by atoms with Crippen molar-refractivity contribution >= 4 is 43.8 Å². The standard InChI is InChI=1S/C16H18N4O5S2/c1-3-20-9(2)13(15(22)19-23)27(24,25)12-5-4-10(8-11(12)20)14(21)18-16-17-6-7-26-16/h4-9,13,23H,3H2,1-2H3,(H,19,22)(H,17,18,21). The minimum atomic E-state index is -4.03. The van der Waals surface area contributed by atoms with Gasteiger partial charge in [-0.05, 0) is 32.0 Å². The molecule has 1 aromatic carbocycles. The number of nitrogens with one attached hydrogen (secondary N) is 2. The predicted octanol–water partition coefficient (Wildman–Crippen LogP) is 1.27. The number of amides is 2. The van der Waals surface area contributed by atoms with Crippen LogP contribution in [-0.4, -0.2) is 48.3 Å². The molecule has 1 aliphatic heterocycles. The van der Waals surface area contributed by atoms with Gasteiger partial charge in [-0.15, -0.1) is 11.3 Å². The van der Waals surface area contributed by atoms with Gasteiger partial charge in [0.15, 0.2) is 20.2 Å². The fourth-order valence-electron chi connectivity index (χ4n) is 3.24. The molecule has 0 bridgehead atoms. The molecule has 3 rings (SSSR count). The lowest BCUT2D eigenvalue weighted by Crippen LogP contribution is -2.55. The van der Waals surface area contributed by atoms with E-state index < -0.39 is 32.9 Å². The average molecular weight is 410 g/mol. The van der Waals surface area contributed by atoms with Gasteiger partial charge in [0.2, 0.25) is 0 Å². The maximum absolute atomic E-state index is 12.9. The Bertz CT molecular complexity index is 975. The zero-order valence-corrected chi connectivity index (χ0v) is 16.2. The van der Waals surface area contributed by atoms with E-state index in [1.807, 2.05) is 6.92 Å². The number of rotatable bonds is 4. The van der Waals surface area contributed by atoms with E-state index in [1.54, 1.807) is 23.4 Å². The molecule has 1 aliphatic rings. The van der Waals surface area contributed by atoms with Crippen molar-refractivity contribution < 1.29 is 23.2 Å². The summed E-state index contributed by atoms with van der Waals surface area (Å²) < 4.78 is 25.8. The molecule has 0 spiro atoms. The Balaban J connectivity index is 2.05. The molecule has 11 heteroatoms. The highest BCUT2D eigenvalue weighted by Gasteiger charge is 2.46. The van der Waals surface area contributed by atoms with E-state index in [9.17, 15) is 18.0 Å². The zero-order valence-electron chi connectivity index (χ0n) is 14.5. The summed E-state index contributed by atoms with van der Waals surface area (Å²) in [6.07, 6.45) is 1.56. The second-order valence-electron chi connectivity index (χ2n) is 5.94. The number of aromatic nitrogens is 1. The summed E-state index contributed by atoms with van der Waals surface area (Å²) in [6.45, 7) is 3.82. The van der Waals surface area contributed by atoms with Crippen molar-refractivity contribution in [2.75, 3.05) is 16.8 Å². The Kier molecular flexibility index (Phi) is 5.18. The first kappa shape index (κ1) is 19.3. The lowest BCUT2D eigenvalue weighted by atomic mass is 10.1. The quantitative estimate of drug-likeness (QED) is 0.511. The number of anilines is 2. The number of carbonyl (C=O) groups excluding carboxylic acids is 2. The molecule has 2 unspecified atom stereocenters. The smallest absolute Gasteiger partial charge is 0.264 e. The van der Waals surface area contributed by atoms with Crippen molar-refractivity contribution in [3.8, 4) is 0 Å². The van der Waals surface area contributed by atoms with Crippen molar-refractivity contribution in [1.29, 1.82) is 0 Å². The molecule has 3 N–H and O–H groups in total. The van der Waals surface area contributed by atoms with Crippen molar-refractivity contribution in [3.05, 3.63) is 35.3 Å². The van der Waals surface area contributed by atoms with Crippen LogP contribution in [0.25, 0.3) is 0 Å². The summed E-state index contributed by atoms with van der Waals surface area (Å²) in [5.41, 5.74) is 2.05. The third-order valence-electron chi connectivity index (χ3n) is 4.46. The third-order valence-corrected chi connectivity index (χ3v) is 7.39. The number of benzene rings is 1. The molecule has 2 aromatic rings. The van der Waals surface area contributed by atoms with Crippen LogP contribution in [0, 0.1) is 0 Å². The minimum absolute atomic E-state index is 0.0538. The monoisotopic (exact) mass is 410 g/mol. The Labute approximate surface area is 159 Å². The number of hydrogen-bond acceptors (Lipinski definition) is 8. The van der Waals surface area contributed by atoms with Gasteiger partial charge in [0, 0.05) is 23.7 Å². The van der Waals surface area contributed by atoms with Gasteiger partial charge < -0.3 is 4.90 Å². The molecule has 0 fully saturated rings. The van der Waals surface area contributed by atoms with Crippen LogP contribution >= 0.6 is 11.3 Å². The average Bonchev–Trinajstić information content (AvgIpc) is 3.14. The van der Waals surface area contributed by atoms with Crippen LogP contribution in [0.2, 0.25) is 0 Å². The maximum atomic E-state index is 12.9. The van der Waals surface area contributed by atoms with Crippen LogP contribution in [0.3, 0.4) is 0 Å². The van der Waals surface area contributed by atoms with Crippen LogP contribution < -0.4 is 15.7 Å². The van der Waals surface area contributed by atoms with E-state index in [4.69, 9.17) is 5.21 Å². The molecule has 2 atom stereocenters. The van der Waals surface area contributed by atoms with Gasteiger partial charge in [-0.2, -0.15) is 0 Å². The van der Waals surface area contributed by atoms with Crippen LogP contribution in [0.15, 0.2) is 34.7 Å². The molecule has 1 aromatic heterocycles. The lowest BCUT2D eigenvalue weighted by Gasteiger charge is -2.40. The van der Waals surface area contributed by atoms with Crippen LogP contribution in [0.4, 0.5) is 10.8 Å². The number of hydrogen-bond donors (Lipinski definition) is 3. The highest BCUT2D eigenvalue weighted by Crippen LogP contribution is 2.38. The van der Waals surface area contributed by atoms with E-state index in [1.165, 1.54) is 35.0 Å². The number of thiazole rings is 1. The molecule has 0 saturated carbocycles. The molecule has 144 valence electrons. The normalized spacial score (nSPS) is 20.6. The molecule has 2 heterocycles. The number of fused-ring (bicyclic) bond motifs is 1. The zero-order chi connectivity index (χ0) is 19.8. The molecule has 0 radical (unpaired) electrons. The summed E-state index contributed by atoms with van der Waals surface area (Å²) in [5.74, 6) is -1.40. The van der Waals surface area contributed by atoms with Crippen LogP contribution in [0.1, 0.15) is 24.2 Å². The van der Waals surface area contributed by atoms with Crippen molar-refractivity contribution in [2.45, 2.75) is 30.0 Å². The van der Waals surface area contributed by atoms with E-state index in [0.29, 0.717) is 17.4 Å². The molecule has 2 amide bonds. The first-order valence-electron chi connectivity index (χ1n) is 8.10. The van der Waals surface area contributed by atoms with Gasteiger partial charge >= 0.3 is 0 Å². The summed E-state index contributed by atoms with van der Waals surface area (Å²) in [4.78, 5) is 30.1. The fourth-order valence-corrected chi connectivity index (χ4v) is 5.76. The second kappa shape index (κ2) is 7.25. The van der Waals surface area contributed by atoms with Gasteiger partial charge in [-0.25, -0.2) is 18.9 Å². The van der Waals surface area contributed by atoms with Gasteiger partial charge in [0.25, 0.3) is 11.8 Å². The van der Waals surface area contributed by atoms with E-state index >= 15 is 0 Å². The van der Waals surface area contributed by atoms with Crippen molar-refractivity contribution in [2.24, 2.45) is 0 Å². The van der Waals surface area contributed by atoms with E-state index in [0.717, 1.165) is 0 Å². The number of sulfone groups is 1. The summed E-state index contributed by atoms with van der Waals surface area (Å²) in [7, 11) is -4.03. The summed E-state index contributed by atoms with van der Waals surface area (Å²) in [5, 5.41) is 12.3. The minimum Gasteiger partial charge on any atom is -0.366 e. The summed E-state index contributed by atoms with van der Waals surface area (Å²) >= 11 is 1.27. The van der Waals surface area contributed by atoms with Gasteiger partial charge in [-0.3, -0.25) is 20.1 Å². The first-order valence-corrected chi connectivity index (χ1v) is 10.5. The lowest BCUT2D eigenvalue weighted by molar-refractivity contribution is -0.129. The number of hydroxylamine groups is 1. The second-order valence-corrected chi connectivity index (χ2v) is 8.87. The molecular formula is C16H18N4O5S2. The highest BCUT2D eigenvalue weighted by atomic mass is 32.2. The Morgan fingerprint density at radius 2 is 2.11 bits per heavy atom. The Morgan fingerprint density at radius 3 is 2.70 bits per heavy atom. The van der Waals surface area contributed by atoms with Gasteiger partial charge in [-0.1, -0.05) is 0 Å². The van der Waals surface area contributed by atoms with E-state index in [-0.39, 0.29) is 10.5 Å². The molecule has 9 nitrogen and oxygen atoms in total. The largest absolute Gasteiger partial charge is 0.366 e. The predicted molar refractivity (Wildman–Crippen MR) is 99.9 cm³/mol. The highest BCUT2D eigenvalue weighted by molar-refractivity contribution is 7.93. The van der Waals surface area contributed by atoms with Gasteiger partial charge in [0.1, 0.15) is 0 Å². The van der Waals surface area contributed by atoms with Gasteiger partial charge in [0.05, 0.1) is 16.6 Å². The molecule has 0 aliphatic carbocycles. The first-order chi connectivity index (χ1) is 12.8. The summed E-state index contributed by atoms with van der Waals surface area (Å²) in [6, 6.07) is 3.46. The van der Waals surface area contributed by atoms with Crippen molar-refractivity contribution in [3.63, 3.8) is 0 Å². The topological polar surface area (TPSA) is 129 Å². The van der Waals surface area contributed by atoms with Crippen molar-refractivity contribution in [1.82, 2.24) is 10.5 Å². The SMILES string of the molecule is CCN1c2cc(C(=O)Nc3nccs3)ccc2S(=O)(=O)C(C(=O)NO)C1C. The Morgan fingerprint density at radius 1 is 1.37 bits per heavy atom. The fraction of sp³-hybridized carbons (Fsp3) is 0.312. The third kappa shape index (κ3) is 3.29. The van der Waals surface area contributed by atoms with Crippen LogP contribution in [0.5, 0.6) is 0 Å². The Hall–Kier alpha value is -2.50. The molecule has 0 saturated heterocycles. The molecular weight excluding hydrogens is 392 g/mol.